The van der Waals surface area contributed by atoms with Crippen LogP contribution in [0.5, 0.6) is 5.75 Å². The summed E-state index contributed by atoms with van der Waals surface area (Å²) in [6.07, 6.45) is 0.558. The number of anilines is 1. The number of β-lactam (4-membered cyclic amide) rings is 1. The van der Waals surface area contributed by atoms with Crippen molar-refractivity contribution in [3.8, 4) is 5.75 Å². The number of carboxylic acids is 1. The van der Waals surface area contributed by atoms with E-state index in [1.165, 1.54) is 26.2 Å². The number of benzene rings is 1. The van der Waals surface area contributed by atoms with Gasteiger partial charge in [-0.05, 0) is 82.2 Å². The Morgan fingerprint density at radius 1 is 1.33 bits per heavy atom. The molecule has 1 aromatic heterocycles. The molecule has 48 heavy (non-hydrogen) atoms. The van der Waals surface area contributed by atoms with E-state index in [1.54, 1.807) is 12.1 Å². The summed E-state index contributed by atoms with van der Waals surface area (Å²) in [5.41, 5.74) is 8.71. The van der Waals surface area contributed by atoms with Crippen molar-refractivity contribution in [2.24, 2.45) is 22.7 Å². The molecular weight excluding hydrogens is 672 g/mol. The highest BCUT2D eigenvalue weighted by Gasteiger charge is 2.58. The van der Waals surface area contributed by atoms with Crippen molar-refractivity contribution in [1.82, 2.24) is 20.7 Å². The van der Waals surface area contributed by atoms with E-state index >= 15 is 0 Å². The monoisotopic (exact) mass is 708 g/mol. The molecule has 1 aromatic carbocycles. The molecule has 1 aliphatic carbocycles. The van der Waals surface area contributed by atoms with Crippen LogP contribution in [0.25, 0.3) is 0 Å². The van der Waals surface area contributed by atoms with Gasteiger partial charge in [0.1, 0.15) is 23.3 Å². The number of aryl methyl sites for hydroxylation is 1. The molecule has 1 saturated carbocycles. The van der Waals surface area contributed by atoms with Gasteiger partial charge in [-0.25, -0.2) is 9.78 Å². The first-order valence-electron chi connectivity index (χ1n) is 14.8. The van der Waals surface area contributed by atoms with Gasteiger partial charge in [0.05, 0.1) is 5.54 Å². The minimum Gasteiger partial charge on any atom is -0.485 e. The van der Waals surface area contributed by atoms with Gasteiger partial charge in [0.15, 0.2) is 16.9 Å². The van der Waals surface area contributed by atoms with E-state index in [9.17, 15) is 27.9 Å². The lowest BCUT2D eigenvalue weighted by atomic mass is 9.84. The SMILES string of the molecule is CC1(C)[C@H](NC(=O)/C(=N\O[C@](C)(C(=O)O)[C@H]2CCc3cc(C(=N)NC[C@@H]4C[C@@H]4CN)ccc3O2)c2csc(N)n2)C(=O)N1OS(=O)(=O)O. The van der Waals surface area contributed by atoms with Crippen molar-refractivity contribution in [1.29, 1.82) is 5.41 Å². The highest BCUT2D eigenvalue weighted by molar-refractivity contribution is 7.80. The molecule has 2 amide bonds. The van der Waals surface area contributed by atoms with Gasteiger partial charge >= 0.3 is 16.4 Å². The van der Waals surface area contributed by atoms with Crippen molar-refractivity contribution >= 4 is 56.2 Å². The molecule has 3 heterocycles. The van der Waals surface area contributed by atoms with E-state index < -0.39 is 57.2 Å². The van der Waals surface area contributed by atoms with Crippen LogP contribution in [0.3, 0.4) is 0 Å². The zero-order chi connectivity index (χ0) is 35.2. The topological polar surface area (TPSA) is 282 Å². The lowest BCUT2D eigenvalue weighted by Crippen LogP contribution is -2.76. The van der Waals surface area contributed by atoms with Crippen molar-refractivity contribution in [3.63, 3.8) is 0 Å². The summed E-state index contributed by atoms with van der Waals surface area (Å²) in [5, 5.41) is 29.9. The Morgan fingerprint density at radius 3 is 2.65 bits per heavy atom. The van der Waals surface area contributed by atoms with Crippen molar-refractivity contribution < 1.29 is 46.3 Å². The fourth-order valence-electron chi connectivity index (χ4n) is 5.51. The van der Waals surface area contributed by atoms with Gasteiger partial charge in [-0.3, -0.25) is 19.6 Å². The number of carboxylic acid groups (broad SMARTS) is 1. The maximum absolute atomic E-state index is 13.4. The molecule has 2 aliphatic heterocycles. The second-order valence-electron chi connectivity index (χ2n) is 12.4. The number of hydrogen-bond acceptors (Lipinski definition) is 14. The summed E-state index contributed by atoms with van der Waals surface area (Å²) in [5.74, 6) is -1.85. The van der Waals surface area contributed by atoms with Crippen LogP contribution in [0, 0.1) is 17.2 Å². The Balaban J connectivity index is 1.32. The molecule has 0 bridgehead atoms. The molecule has 18 nitrogen and oxygen atoms in total. The summed E-state index contributed by atoms with van der Waals surface area (Å²) < 4.78 is 41.7. The number of carbonyl (C=O) groups excluding carboxylic acids is 2. The normalized spacial score (nSPS) is 24.3. The van der Waals surface area contributed by atoms with Gasteiger partial charge in [0.2, 0.25) is 0 Å². The van der Waals surface area contributed by atoms with E-state index in [2.05, 4.69) is 25.1 Å². The van der Waals surface area contributed by atoms with E-state index in [0.29, 0.717) is 47.7 Å². The number of nitrogens with two attached hydrogens (primary N) is 2. The number of nitrogen functional groups attached to an aromatic ring is 1. The lowest BCUT2D eigenvalue weighted by molar-refractivity contribution is -0.218. The largest absolute Gasteiger partial charge is 0.485 e. The number of amidine groups is 1. The Bertz CT molecular complexity index is 1780. The van der Waals surface area contributed by atoms with Crippen LogP contribution in [0.15, 0.2) is 28.7 Å². The number of thiazole rings is 1. The van der Waals surface area contributed by atoms with Gasteiger partial charge in [-0.2, -0.15) is 13.5 Å². The van der Waals surface area contributed by atoms with Gasteiger partial charge in [0.25, 0.3) is 17.4 Å². The van der Waals surface area contributed by atoms with Crippen LogP contribution in [-0.2, 0) is 40.3 Å². The zero-order valence-electron chi connectivity index (χ0n) is 26.1. The Labute approximate surface area is 279 Å². The third-order valence-corrected chi connectivity index (χ3v) is 9.68. The van der Waals surface area contributed by atoms with Crippen LogP contribution in [-0.4, -0.2) is 93.8 Å². The summed E-state index contributed by atoms with van der Waals surface area (Å²) in [6.45, 7) is 5.27. The number of ether oxygens (including phenoxy) is 1. The quantitative estimate of drug-likeness (QED) is 0.0476. The molecule has 0 unspecified atom stereocenters. The van der Waals surface area contributed by atoms with E-state index in [1.807, 2.05) is 6.07 Å². The Kier molecular flexibility index (Phi) is 9.40. The van der Waals surface area contributed by atoms with Gasteiger partial charge in [-0.1, -0.05) is 5.16 Å². The first-order chi connectivity index (χ1) is 22.4. The number of amides is 2. The molecule has 3 aliphatic rings. The molecule has 5 rings (SSSR count). The van der Waals surface area contributed by atoms with Gasteiger partial charge in [0, 0.05) is 17.5 Å². The average molecular weight is 709 g/mol. The van der Waals surface area contributed by atoms with Gasteiger partial charge in [-0.15, -0.1) is 15.6 Å². The molecule has 0 radical (unpaired) electrons. The Morgan fingerprint density at radius 2 is 2.06 bits per heavy atom. The summed E-state index contributed by atoms with van der Waals surface area (Å²) in [6, 6.07) is 3.82. The van der Waals surface area contributed by atoms with Crippen LogP contribution in [0.1, 0.15) is 50.4 Å². The number of nitrogens with one attached hydrogen (secondary N) is 3. The van der Waals surface area contributed by atoms with Crippen molar-refractivity contribution in [2.45, 2.75) is 63.3 Å². The third kappa shape index (κ3) is 7.06. The second kappa shape index (κ2) is 12.9. The van der Waals surface area contributed by atoms with Crippen LogP contribution < -0.4 is 26.8 Å². The number of hydroxylamine groups is 2. The smallest absolute Gasteiger partial charge is 0.418 e. The van der Waals surface area contributed by atoms with Crippen LogP contribution in [0.2, 0.25) is 0 Å². The maximum atomic E-state index is 13.4. The van der Waals surface area contributed by atoms with E-state index in [-0.39, 0.29) is 23.1 Å². The predicted molar refractivity (Wildman–Crippen MR) is 170 cm³/mol. The minimum absolute atomic E-state index is 0.0569. The number of rotatable bonds is 13. The first-order valence-corrected chi connectivity index (χ1v) is 17.0. The molecule has 260 valence electrons. The number of oxime groups is 1. The fourth-order valence-corrected chi connectivity index (χ4v) is 6.51. The molecular formula is C28H36N8O10S2. The fraction of sp³-hybridized carbons (Fsp3) is 0.500. The number of aromatic nitrogens is 1. The highest BCUT2D eigenvalue weighted by atomic mass is 32.3. The van der Waals surface area contributed by atoms with Crippen molar-refractivity contribution in [2.75, 3.05) is 18.8 Å². The second-order valence-corrected chi connectivity index (χ2v) is 14.3. The summed E-state index contributed by atoms with van der Waals surface area (Å²) in [4.78, 5) is 48.2. The summed E-state index contributed by atoms with van der Waals surface area (Å²) in [7, 11) is -5.03. The third-order valence-electron chi connectivity index (χ3n) is 8.67. The van der Waals surface area contributed by atoms with E-state index in [4.69, 9.17) is 31.0 Å². The lowest BCUT2D eigenvalue weighted by Gasteiger charge is -2.50. The molecule has 2 fully saturated rings. The maximum Gasteiger partial charge on any atom is 0.418 e. The first kappa shape index (κ1) is 35.0. The standard InChI is InChI=1S/C28H36N8O10S2/c1-27(2)21(24(38)36(27)46-48(41,42)43)34-23(37)20(17-12-47-26(31)33-17)35-45-28(3,25(39)40)19-7-5-13-8-14(4-6-18(13)44-19)22(30)32-11-16-9-15(16)10-29/h4,6,8,12,15-16,19,21H,5,7,9-11,29H2,1-3H3,(H2,30,32)(H2,31,33)(H,34,37)(H,39,40)(H,41,42,43)/b35-20-/t15-,16+,19-,21-,28+/m1/s1. The Hall–Kier alpha value is -4.37. The van der Waals surface area contributed by atoms with Crippen molar-refractivity contribution in [3.05, 3.63) is 40.4 Å². The molecule has 20 heteroatoms. The predicted octanol–water partition coefficient (Wildman–Crippen LogP) is 0.0329. The molecule has 1 saturated heterocycles. The number of nitrogens with zero attached hydrogens (tertiary/aromatic N) is 3. The minimum atomic E-state index is -5.03. The highest BCUT2D eigenvalue weighted by Crippen LogP contribution is 2.37. The molecule has 9 N–H and O–H groups in total. The van der Waals surface area contributed by atoms with Crippen LogP contribution in [0.4, 0.5) is 5.13 Å². The number of aliphatic carboxylic acids is 1. The number of fused-ring (bicyclic) bond motifs is 1. The number of hydrogen-bond donors (Lipinski definition) is 7. The molecule has 5 atom stereocenters. The molecule has 0 spiro atoms. The summed E-state index contributed by atoms with van der Waals surface area (Å²) >= 11 is 0.962. The average Bonchev–Trinajstić information content (AvgIpc) is 3.68. The molecule has 2 aromatic rings. The van der Waals surface area contributed by atoms with Crippen LogP contribution >= 0.6 is 11.3 Å². The number of carbonyl (C=O) groups is 3. The zero-order valence-corrected chi connectivity index (χ0v) is 27.8. The van der Waals surface area contributed by atoms with Gasteiger partial charge < -0.3 is 36.8 Å². The van der Waals surface area contributed by atoms with E-state index in [0.717, 1.165) is 23.3 Å².